The summed E-state index contributed by atoms with van der Waals surface area (Å²) < 4.78 is 5.20. The van der Waals surface area contributed by atoms with E-state index in [0.29, 0.717) is 18.9 Å². The maximum atomic E-state index is 11.5. The Balaban J connectivity index is 3.08. The monoisotopic (exact) mass is 382 g/mol. The van der Waals surface area contributed by atoms with Crippen LogP contribution in [-0.2, 0) is 9.53 Å². The van der Waals surface area contributed by atoms with Crippen molar-refractivity contribution in [2.24, 2.45) is 5.92 Å². The molecule has 0 rings (SSSR count). The van der Waals surface area contributed by atoms with Crippen LogP contribution in [0, 0.1) is 5.92 Å². The van der Waals surface area contributed by atoms with E-state index in [0.717, 1.165) is 6.42 Å². The van der Waals surface area contributed by atoms with Gasteiger partial charge in [0.15, 0.2) is 0 Å². The van der Waals surface area contributed by atoms with Crippen molar-refractivity contribution in [3.8, 4) is 0 Å². The lowest BCUT2D eigenvalue weighted by Gasteiger charge is -2.07. The van der Waals surface area contributed by atoms with Gasteiger partial charge in [-0.25, -0.2) is 0 Å². The number of carbonyl (C=O) groups excluding carboxylic acids is 1. The average Bonchev–Trinajstić information content (AvgIpc) is 2.65. The van der Waals surface area contributed by atoms with Gasteiger partial charge in [0.05, 0.1) is 6.61 Å². The van der Waals surface area contributed by atoms with Crippen LogP contribution in [0.2, 0.25) is 0 Å². The van der Waals surface area contributed by atoms with Crippen molar-refractivity contribution in [1.29, 1.82) is 0 Å². The molecule has 0 aromatic carbocycles. The molecule has 2 heteroatoms. The molecule has 0 radical (unpaired) electrons. The number of esters is 1. The fourth-order valence-corrected chi connectivity index (χ4v) is 3.50. The third-order valence-electron chi connectivity index (χ3n) is 5.31. The van der Waals surface area contributed by atoms with Gasteiger partial charge in [-0.05, 0) is 12.3 Å². The predicted octanol–water partition coefficient (Wildman–Crippen LogP) is 8.62. The summed E-state index contributed by atoms with van der Waals surface area (Å²) in [5, 5.41) is 0. The van der Waals surface area contributed by atoms with Crippen LogP contribution in [0.25, 0.3) is 0 Å². The van der Waals surface area contributed by atoms with Crippen molar-refractivity contribution in [2.45, 2.75) is 143 Å². The lowest BCUT2D eigenvalue weighted by molar-refractivity contribution is -0.144. The zero-order chi connectivity index (χ0) is 20.0. The van der Waals surface area contributed by atoms with E-state index in [4.69, 9.17) is 4.74 Å². The number of carbonyl (C=O) groups is 1. The van der Waals surface area contributed by atoms with Gasteiger partial charge < -0.3 is 4.74 Å². The molecule has 0 unspecified atom stereocenters. The standard InChI is InChI=1S/C25H50O2/c1-4-5-6-7-8-9-10-11-12-13-14-15-16-17-18-19-20-21-22-25(26)27-23-24(2)3/h24H,4-23H2,1-3H3. The van der Waals surface area contributed by atoms with Gasteiger partial charge in [-0.2, -0.15) is 0 Å². The number of hydrogen-bond donors (Lipinski definition) is 0. The largest absolute Gasteiger partial charge is 0.465 e. The Bertz CT molecular complexity index is 299. The number of unbranched alkanes of at least 4 members (excludes halogenated alkanes) is 17. The Labute approximate surface area is 171 Å². The summed E-state index contributed by atoms with van der Waals surface area (Å²) in [6, 6.07) is 0. The van der Waals surface area contributed by atoms with Crippen molar-refractivity contribution in [2.75, 3.05) is 6.61 Å². The van der Waals surface area contributed by atoms with E-state index >= 15 is 0 Å². The summed E-state index contributed by atoms with van der Waals surface area (Å²) in [4.78, 5) is 11.5. The van der Waals surface area contributed by atoms with E-state index in [2.05, 4.69) is 20.8 Å². The maximum absolute atomic E-state index is 11.5. The molecule has 0 fully saturated rings. The highest BCUT2D eigenvalue weighted by atomic mass is 16.5. The summed E-state index contributed by atoms with van der Waals surface area (Å²) in [5.74, 6) is 0.425. The molecule has 0 aliphatic rings. The van der Waals surface area contributed by atoms with E-state index in [1.54, 1.807) is 0 Å². The van der Waals surface area contributed by atoms with Crippen LogP contribution < -0.4 is 0 Å². The minimum Gasteiger partial charge on any atom is -0.465 e. The third kappa shape index (κ3) is 23.4. The Hall–Kier alpha value is -0.530. The average molecular weight is 383 g/mol. The second-order valence-electron chi connectivity index (χ2n) is 8.84. The maximum Gasteiger partial charge on any atom is 0.305 e. The molecule has 0 spiro atoms. The Morgan fingerprint density at radius 3 is 1.26 bits per heavy atom. The minimum absolute atomic E-state index is 0.0137. The Kier molecular flexibility index (Phi) is 21.3. The van der Waals surface area contributed by atoms with Gasteiger partial charge in [0.25, 0.3) is 0 Å². The molecule has 0 saturated carbocycles. The lowest BCUT2D eigenvalue weighted by Crippen LogP contribution is -2.09. The number of ether oxygens (including phenoxy) is 1. The van der Waals surface area contributed by atoms with E-state index in [-0.39, 0.29) is 5.97 Å². The van der Waals surface area contributed by atoms with Crippen LogP contribution in [0.3, 0.4) is 0 Å². The van der Waals surface area contributed by atoms with E-state index in [9.17, 15) is 4.79 Å². The zero-order valence-corrected chi connectivity index (χ0v) is 19.0. The first kappa shape index (κ1) is 26.5. The molecule has 0 atom stereocenters. The summed E-state index contributed by atoms with van der Waals surface area (Å²) in [7, 11) is 0. The fraction of sp³-hybridized carbons (Fsp3) is 0.960. The molecule has 27 heavy (non-hydrogen) atoms. The summed E-state index contributed by atoms with van der Waals surface area (Å²) in [6.45, 7) is 7.00. The van der Waals surface area contributed by atoms with E-state index in [1.165, 1.54) is 109 Å². The number of hydrogen-bond acceptors (Lipinski definition) is 2. The highest BCUT2D eigenvalue weighted by Crippen LogP contribution is 2.14. The van der Waals surface area contributed by atoms with Gasteiger partial charge in [-0.3, -0.25) is 4.79 Å². The van der Waals surface area contributed by atoms with Gasteiger partial charge in [0.1, 0.15) is 0 Å². The van der Waals surface area contributed by atoms with Crippen molar-refractivity contribution in [3.05, 3.63) is 0 Å². The van der Waals surface area contributed by atoms with Gasteiger partial charge in [0, 0.05) is 6.42 Å². The Morgan fingerprint density at radius 1 is 0.593 bits per heavy atom. The summed E-state index contributed by atoms with van der Waals surface area (Å²) in [5.41, 5.74) is 0. The molecule has 0 saturated heterocycles. The molecule has 0 bridgehead atoms. The van der Waals surface area contributed by atoms with E-state index < -0.39 is 0 Å². The third-order valence-corrected chi connectivity index (χ3v) is 5.31. The van der Waals surface area contributed by atoms with Gasteiger partial charge in [0.2, 0.25) is 0 Å². The molecule has 0 N–H and O–H groups in total. The van der Waals surface area contributed by atoms with Crippen LogP contribution >= 0.6 is 0 Å². The molecule has 0 amide bonds. The SMILES string of the molecule is CCCCCCCCCCCCCCCCCCCCC(=O)OCC(C)C. The van der Waals surface area contributed by atoms with Crippen molar-refractivity contribution < 1.29 is 9.53 Å². The molecule has 2 nitrogen and oxygen atoms in total. The Morgan fingerprint density at radius 2 is 0.926 bits per heavy atom. The molecule has 0 aliphatic carbocycles. The van der Waals surface area contributed by atoms with Gasteiger partial charge in [-0.15, -0.1) is 0 Å². The second kappa shape index (κ2) is 21.8. The second-order valence-corrected chi connectivity index (χ2v) is 8.84. The first-order valence-electron chi connectivity index (χ1n) is 12.3. The molecule has 0 aromatic heterocycles. The smallest absolute Gasteiger partial charge is 0.305 e. The molecule has 162 valence electrons. The number of rotatable bonds is 21. The van der Waals surface area contributed by atoms with E-state index in [1.807, 2.05) is 0 Å². The van der Waals surface area contributed by atoms with Crippen molar-refractivity contribution in [3.63, 3.8) is 0 Å². The van der Waals surface area contributed by atoms with Crippen LogP contribution in [0.4, 0.5) is 0 Å². The van der Waals surface area contributed by atoms with Crippen LogP contribution in [0.15, 0.2) is 0 Å². The first-order valence-corrected chi connectivity index (χ1v) is 12.3. The van der Waals surface area contributed by atoms with Gasteiger partial charge >= 0.3 is 5.97 Å². The van der Waals surface area contributed by atoms with Crippen LogP contribution in [0.5, 0.6) is 0 Å². The van der Waals surface area contributed by atoms with Crippen molar-refractivity contribution >= 4 is 5.97 Å². The fourth-order valence-electron chi connectivity index (χ4n) is 3.50. The van der Waals surface area contributed by atoms with Gasteiger partial charge in [-0.1, -0.05) is 130 Å². The quantitative estimate of drug-likeness (QED) is 0.147. The first-order chi connectivity index (χ1) is 13.2. The molecular formula is C25H50O2. The highest BCUT2D eigenvalue weighted by Gasteiger charge is 2.03. The summed E-state index contributed by atoms with van der Waals surface area (Å²) >= 11 is 0. The molecule has 0 aromatic rings. The molecule has 0 aliphatic heterocycles. The summed E-state index contributed by atoms with van der Waals surface area (Å²) in [6.07, 6.45) is 25.4. The van der Waals surface area contributed by atoms with Crippen LogP contribution in [-0.4, -0.2) is 12.6 Å². The predicted molar refractivity (Wildman–Crippen MR) is 119 cm³/mol. The molecular weight excluding hydrogens is 332 g/mol. The topological polar surface area (TPSA) is 26.3 Å². The minimum atomic E-state index is -0.0137. The highest BCUT2D eigenvalue weighted by molar-refractivity contribution is 5.69. The molecule has 0 heterocycles. The van der Waals surface area contributed by atoms with Crippen LogP contribution in [0.1, 0.15) is 143 Å². The van der Waals surface area contributed by atoms with Crippen molar-refractivity contribution in [1.82, 2.24) is 0 Å². The zero-order valence-electron chi connectivity index (χ0n) is 19.0. The lowest BCUT2D eigenvalue weighted by atomic mass is 10.0. The normalized spacial score (nSPS) is 11.3.